The van der Waals surface area contributed by atoms with Crippen LogP contribution in [0.25, 0.3) is 0 Å². The van der Waals surface area contributed by atoms with E-state index >= 15 is 0 Å². The number of amides is 1. The topological polar surface area (TPSA) is 50.7 Å². The van der Waals surface area contributed by atoms with E-state index in [1.807, 2.05) is 24.3 Å². The van der Waals surface area contributed by atoms with Crippen molar-refractivity contribution in [1.29, 1.82) is 0 Å². The van der Waals surface area contributed by atoms with Gasteiger partial charge >= 0.3 is 0 Å². The number of fused-ring (bicyclic) bond motifs is 4. The molecule has 4 rings (SSSR count). The van der Waals surface area contributed by atoms with Crippen LogP contribution in [0.3, 0.4) is 0 Å². The van der Waals surface area contributed by atoms with E-state index in [9.17, 15) is 4.79 Å². The lowest BCUT2D eigenvalue weighted by molar-refractivity contribution is -0.146. The molecule has 0 radical (unpaired) electrons. The average molecular weight is 270 g/mol. The van der Waals surface area contributed by atoms with Crippen molar-refractivity contribution in [3.63, 3.8) is 0 Å². The molecule has 0 aromatic heterocycles. The van der Waals surface area contributed by atoms with Crippen molar-refractivity contribution >= 4 is 17.3 Å². The van der Waals surface area contributed by atoms with Gasteiger partial charge in [-0.3, -0.25) is 9.79 Å². The van der Waals surface area contributed by atoms with Crippen molar-refractivity contribution in [2.75, 3.05) is 18.5 Å². The Morgan fingerprint density at radius 2 is 2.20 bits per heavy atom. The monoisotopic (exact) mass is 270 g/mol. The number of hydrogen-bond donors (Lipinski definition) is 1. The summed E-state index contributed by atoms with van der Waals surface area (Å²) in [5, 5.41) is 3.00. The Hall–Kier alpha value is -1.68. The van der Waals surface area contributed by atoms with Crippen LogP contribution < -0.4 is 5.32 Å². The molecule has 1 amide bonds. The lowest BCUT2D eigenvalue weighted by atomic mass is 9.72. The summed E-state index contributed by atoms with van der Waals surface area (Å²) in [7, 11) is 0. The van der Waals surface area contributed by atoms with Crippen LogP contribution in [0.1, 0.15) is 31.2 Å². The summed E-state index contributed by atoms with van der Waals surface area (Å²) in [6, 6.07) is 7.90. The Labute approximate surface area is 118 Å². The van der Waals surface area contributed by atoms with Crippen LogP contribution in [0.4, 0.5) is 5.69 Å². The van der Waals surface area contributed by atoms with Gasteiger partial charge in [-0.2, -0.15) is 0 Å². The van der Waals surface area contributed by atoms with E-state index in [0.717, 1.165) is 30.5 Å². The second-order valence-corrected chi connectivity index (χ2v) is 5.76. The zero-order chi connectivity index (χ0) is 13.6. The van der Waals surface area contributed by atoms with Crippen LogP contribution in [0.2, 0.25) is 0 Å². The highest BCUT2D eigenvalue weighted by molar-refractivity contribution is 6.09. The quantitative estimate of drug-likeness (QED) is 0.787. The summed E-state index contributed by atoms with van der Waals surface area (Å²) >= 11 is 0. The second kappa shape index (κ2) is 4.42. The molecule has 2 atom stereocenters. The number of ether oxygens (including phenoxy) is 1. The van der Waals surface area contributed by atoms with Gasteiger partial charge in [0, 0.05) is 22.9 Å². The molecule has 0 saturated heterocycles. The van der Waals surface area contributed by atoms with Gasteiger partial charge in [0.15, 0.2) is 5.60 Å². The number of para-hydroxylation sites is 1. The van der Waals surface area contributed by atoms with Crippen molar-refractivity contribution in [2.24, 2.45) is 10.9 Å². The lowest BCUT2D eigenvalue weighted by Crippen LogP contribution is -2.48. The molecule has 1 saturated carbocycles. The molecular weight excluding hydrogens is 252 g/mol. The summed E-state index contributed by atoms with van der Waals surface area (Å²) in [6.45, 7) is 1.19. The first kappa shape index (κ1) is 12.1. The molecule has 3 aliphatic rings. The molecule has 1 fully saturated rings. The van der Waals surface area contributed by atoms with Gasteiger partial charge in [-0.25, -0.2) is 0 Å². The number of rotatable bonds is 0. The zero-order valence-corrected chi connectivity index (χ0v) is 11.4. The van der Waals surface area contributed by atoms with Crippen molar-refractivity contribution in [2.45, 2.75) is 31.3 Å². The van der Waals surface area contributed by atoms with Gasteiger partial charge in [0.2, 0.25) is 0 Å². The van der Waals surface area contributed by atoms with Crippen molar-refractivity contribution in [1.82, 2.24) is 0 Å². The average Bonchev–Trinajstić information content (AvgIpc) is 2.65. The molecule has 2 heterocycles. The fourth-order valence-electron chi connectivity index (χ4n) is 3.86. The van der Waals surface area contributed by atoms with E-state index in [1.165, 1.54) is 12.1 Å². The summed E-state index contributed by atoms with van der Waals surface area (Å²) in [6.07, 6.45) is 4.31. The molecule has 4 heteroatoms. The van der Waals surface area contributed by atoms with E-state index in [1.54, 1.807) is 0 Å². The summed E-state index contributed by atoms with van der Waals surface area (Å²) in [4.78, 5) is 17.4. The molecule has 20 heavy (non-hydrogen) atoms. The number of hydrogen-bond acceptors (Lipinski definition) is 3. The molecule has 2 unspecified atom stereocenters. The Morgan fingerprint density at radius 3 is 3.15 bits per heavy atom. The van der Waals surface area contributed by atoms with Crippen molar-refractivity contribution in [3.05, 3.63) is 29.8 Å². The number of anilines is 1. The number of aliphatic imine (C=N–C) groups is 1. The van der Waals surface area contributed by atoms with E-state index in [4.69, 9.17) is 4.74 Å². The van der Waals surface area contributed by atoms with Crippen LogP contribution in [0.15, 0.2) is 29.3 Å². The van der Waals surface area contributed by atoms with Crippen LogP contribution in [0, 0.1) is 5.92 Å². The Balaban J connectivity index is 1.89. The minimum atomic E-state index is -0.841. The highest BCUT2D eigenvalue weighted by atomic mass is 16.5. The first-order valence-electron chi connectivity index (χ1n) is 7.40. The minimum absolute atomic E-state index is 0.0137. The Morgan fingerprint density at radius 1 is 1.30 bits per heavy atom. The van der Waals surface area contributed by atoms with Crippen molar-refractivity contribution in [3.8, 4) is 0 Å². The second-order valence-electron chi connectivity index (χ2n) is 5.76. The number of carbonyl (C=O) groups is 1. The zero-order valence-electron chi connectivity index (χ0n) is 11.4. The van der Waals surface area contributed by atoms with Crippen LogP contribution in [-0.2, 0) is 15.1 Å². The molecule has 1 aromatic rings. The summed E-state index contributed by atoms with van der Waals surface area (Å²) in [5.41, 5.74) is 2.23. The van der Waals surface area contributed by atoms with Crippen LogP contribution in [0.5, 0.6) is 0 Å². The first-order valence-corrected chi connectivity index (χ1v) is 7.40. The highest BCUT2D eigenvalue weighted by Gasteiger charge is 2.55. The standard InChI is InChI=1S/C16H18N2O2/c19-15-16(12-6-2-4-8-14(12)18-15)11-5-1-3-7-13(11)17-9-10-20-16/h2,4,6,8,11H,1,3,5,7,9-10H2,(H,18,19). The van der Waals surface area contributed by atoms with E-state index < -0.39 is 5.60 Å². The van der Waals surface area contributed by atoms with Gasteiger partial charge in [0.25, 0.3) is 5.91 Å². The third-order valence-electron chi connectivity index (χ3n) is 4.72. The predicted octanol–water partition coefficient (Wildman–Crippen LogP) is 2.50. The van der Waals surface area contributed by atoms with Gasteiger partial charge in [-0.15, -0.1) is 0 Å². The Bertz CT molecular complexity index is 596. The molecule has 1 aliphatic carbocycles. The van der Waals surface area contributed by atoms with Gasteiger partial charge in [0.05, 0.1) is 13.2 Å². The van der Waals surface area contributed by atoms with Gasteiger partial charge in [-0.1, -0.05) is 24.6 Å². The maximum atomic E-state index is 12.7. The smallest absolute Gasteiger partial charge is 0.262 e. The molecule has 4 nitrogen and oxygen atoms in total. The molecule has 1 spiro atoms. The molecule has 1 N–H and O–H groups in total. The predicted molar refractivity (Wildman–Crippen MR) is 77.0 cm³/mol. The van der Waals surface area contributed by atoms with Crippen molar-refractivity contribution < 1.29 is 9.53 Å². The number of carbonyl (C=O) groups excluding carboxylic acids is 1. The number of benzene rings is 1. The first-order chi connectivity index (χ1) is 9.82. The normalized spacial score (nSPS) is 32.1. The SMILES string of the molecule is O=C1Nc2ccccc2C12OCCN=C1CCCCC12. The Kier molecular flexibility index (Phi) is 2.67. The van der Waals surface area contributed by atoms with E-state index in [2.05, 4.69) is 10.3 Å². The largest absolute Gasteiger partial charge is 0.358 e. The van der Waals surface area contributed by atoms with Gasteiger partial charge < -0.3 is 10.1 Å². The van der Waals surface area contributed by atoms with Gasteiger partial charge in [-0.05, 0) is 25.3 Å². The molecule has 0 bridgehead atoms. The maximum Gasteiger partial charge on any atom is 0.262 e. The fraction of sp³-hybridized carbons (Fsp3) is 0.500. The fourth-order valence-corrected chi connectivity index (χ4v) is 3.86. The molecule has 1 aromatic carbocycles. The molecular formula is C16H18N2O2. The lowest BCUT2D eigenvalue weighted by Gasteiger charge is -2.37. The number of nitrogens with one attached hydrogen (secondary N) is 1. The van der Waals surface area contributed by atoms with Gasteiger partial charge in [0.1, 0.15) is 0 Å². The van der Waals surface area contributed by atoms with E-state index in [0.29, 0.717) is 13.2 Å². The highest BCUT2D eigenvalue weighted by Crippen LogP contribution is 2.48. The molecule has 104 valence electrons. The summed E-state index contributed by atoms with van der Waals surface area (Å²) < 4.78 is 6.13. The van der Waals surface area contributed by atoms with Crippen LogP contribution in [-0.4, -0.2) is 24.8 Å². The molecule has 2 aliphatic heterocycles. The van der Waals surface area contributed by atoms with E-state index in [-0.39, 0.29) is 11.8 Å². The third-order valence-corrected chi connectivity index (χ3v) is 4.72. The number of nitrogens with zero attached hydrogens (tertiary/aromatic N) is 1. The maximum absolute atomic E-state index is 12.7. The van der Waals surface area contributed by atoms with Crippen LogP contribution >= 0.6 is 0 Å². The minimum Gasteiger partial charge on any atom is -0.358 e. The third kappa shape index (κ3) is 1.51. The summed E-state index contributed by atoms with van der Waals surface area (Å²) in [5.74, 6) is 0.0857.